The summed E-state index contributed by atoms with van der Waals surface area (Å²) in [6.45, 7) is 7.04. The molecule has 0 saturated carbocycles. The van der Waals surface area contributed by atoms with Crippen LogP contribution >= 0.6 is 0 Å². The molecule has 0 spiro atoms. The number of benzene rings is 1. The van der Waals surface area contributed by atoms with Crippen molar-refractivity contribution in [1.29, 1.82) is 0 Å². The van der Waals surface area contributed by atoms with E-state index < -0.39 is 0 Å². The van der Waals surface area contributed by atoms with E-state index in [0.29, 0.717) is 6.61 Å². The minimum Gasteiger partial charge on any atom is -0.490 e. The average Bonchev–Trinajstić information content (AvgIpc) is 2.98. The molecule has 1 aromatic heterocycles. The van der Waals surface area contributed by atoms with Crippen LogP contribution in [0.15, 0.2) is 59.7 Å². The summed E-state index contributed by atoms with van der Waals surface area (Å²) in [5.41, 5.74) is 1.21. The Hall–Kier alpha value is -2.00. The van der Waals surface area contributed by atoms with Crippen molar-refractivity contribution in [1.82, 2.24) is 5.32 Å². The van der Waals surface area contributed by atoms with Crippen LogP contribution in [0.2, 0.25) is 0 Å². The first kappa shape index (κ1) is 13.4. The summed E-state index contributed by atoms with van der Waals surface area (Å²) in [5.74, 6) is 1.81. The SMILES string of the molecule is C=CCOc1ccc(CN[C@@H](C)c2ccco2)cc1. The Bertz CT molecular complexity index is 488. The minimum atomic E-state index is 0.201. The largest absolute Gasteiger partial charge is 0.490 e. The third kappa shape index (κ3) is 4.00. The van der Waals surface area contributed by atoms with Crippen molar-refractivity contribution >= 4 is 0 Å². The Morgan fingerprint density at radius 3 is 2.74 bits per heavy atom. The van der Waals surface area contributed by atoms with Gasteiger partial charge in [-0.3, -0.25) is 0 Å². The summed E-state index contributed by atoms with van der Waals surface area (Å²) in [7, 11) is 0. The smallest absolute Gasteiger partial charge is 0.120 e. The van der Waals surface area contributed by atoms with Gasteiger partial charge in [-0.1, -0.05) is 24.8 Å². The van der Waals surface area contributed by atoms with Crippen LogP contribution in [0.25, 0.3) is 0 Å². The molecule has 0 aliphatic carbocycles. The van der Waals surface area contributed by atoms with E-state index in [1.165, 1.54) is 5.56 Å². The molecule has 1 heterocycles. The van der Waals surface area contributed by atoms with Crippen LogP contribution in [0.5, 0.6) is 5.75 Å². The van der Waals surface area contributed by atoms with Gasteiger partial charge < -0.3 is 14.5 Å². The van der Waals surface area contributed by atoms with Gasteiger partial charge in [-0.25, -0.2) is 0 Å². The summed E-state index contributed by atoms with van der Waals surface area (Å²) in [6.07, 6.45) is 3.43. The molecule has 1 atom stereocenters. The first-order chi connectivity index (χ1) is 9.29. The van der Waals surface area contributed by atoms with Crippen molar-refractivity contribution in [3.05, 3.63) is 66.6 Å². The van der Waals surface area contributed by atoms with Crippen LogP contribution < -0.4 is 10.1 Å². The third-order valence-electron chi connectivity index (χ3n) is 2.87. The van der Waals surface area contributed by atoms with Crippen molar-refractivity contribution in [3.8, 4) is 5.75 Å². The van der Waals surface area contributed by atoms with Crippen LogP contribution in [0.3, 0.4) is 0 Å². The molecular formula is C16H19NO2. The quantitative estimate of drug-likeness (QED) is 0.768. The van der Waals surface area contributed by atoms with Crippen LogP contribution in [0.4, 0.5) is 0 Å². The maximum absolute atomic E-state index is 5.44. The summed E-state index contributed by atoms with van der Waals surface area (Å²) in [5, 5.41) is 3.41. The van der Waals surface area contributed by atoms with Gasteiger partial charge in [-0.15, -0.1) is 0 Å². The Labute approximate surface area is 113 Å². The fourth-order valence-corrected chi connectivity index (χ4v) is 1.77. The van der Waals surface area contributed by atoms with E-state index in [1.807, 2.05) is 24.3 Å². The highest BCUT2D eigenvalue weighted by atomic mass is 16.5. The van der Waals surface area contributed by atoms with E-state index in [2.05, 4.69) is 31.0 Å². The Morgan fingerprint density at radius 1 is 1.32 bits per heavy atom. The van der Waals surface area contributed by atoms with E-state index >= 15 is 0 Å². The van der Waals surface area contributed by atoms with E-state index in [0.717, 1.165) is 18.1 Å². The lowest BCUT2D eigenvalue weighted by atomic mass is 10.2. The van der Waals surface area contributed by atoms with E-state index in [-0.39, 0.29) is 6.04 Å². The van der Waals surface area contributed by atoms with Gasteiger partial charge in [-0.05, 0) is 36.8 Å². The first-order valence-electron chi connectivity index (χ1n) is 6.39. The zero-order valence-corrected chi connectivity index (χ0v) is 11.1. The minimum absolute atomic E-state index is 0.201. The second-order valence-electron chi connectivity index (χ2n) is 4.36. The van der Waals surface area contributed by atoms with Crippen LogP contribution in [-0.4, -0.2) is 6.61 Å². The molecule has 3 heteroatoms. The molecule has 0 amide bonds. The molecule has 2 aromatic rings. The predicted octanol–water partition coefficient (Wildman–Crippen LogP) is 3.70. The number of hydrogen-bond acceptors (Lipinski definition) is 3. The maximum atomic E-state index is 5.44. The zero-order chi connectivity index (χ0) is 13.5. The molecule has 100 valence electrons. The fourth-order valence-electron chi connectivity index (χ4n) is 1.77. The summed E-state index contributed by atoms with van der Waals surface area (Å²) in [4.78, 5) is 0. The molecular weight excluding hydrogens is 238 g/mol. The molecule has 0 aliphatic rings. The Morgan fingerprint density at radius 2 is 2.11 bits per heavy atom. The molecule has 0 unspecified atom stereocenters. The standard InChI is InChI=1S/C16H19NO2/c1-3-10-18-15-8-6-14(7-9-15)12-17-13(2)16-5-4-11-19-16/h3-9,11,13,17H,1,10,12H2,2H3/t13-/m0/s1. The first-order valence-corrected chi connectivity index (χ1v) is 6.39. The molecule has 19 heavy (non-hydrogen) atoms. The summed E-state index contributed by atoms with van der Waals surface area (Å²) >= 11 is 0. The van der Waals surface area contributed by atoms with Crippen LogP contribution in [0, 0.1) is 0 Å². The molecule has 0 saturated heterocycles. The highest BCUT2D eigenvalue weighted by Crippen LogP contribution is 2.15. The second-order valence-corrected chi connectivity index (χ2v) is 4.36. The van der Waals surface area contributed by atoms with E-state index in [4.69, 9.17) is 9.15 Å². The molecule has 3 nitrogen and oxygen atoms in total. The molecule has 0 bridgehead atoms. The highest BCUT2D eigenvalue weighted by molar-refractivity contribution is 5.27. The Balaban J connectivity index is 1.84. The average molecular weight is 257 g/mol. The molecule has 0 radical (unpaired) electrons. The summed E-state index contributed by atoms with van der Waals surface area (Å²) < 4.78 is 10.8. The van der Waals surface area contributed by atoms with E-state index in [9.17, 15) is 0 Å². The van der Waals surface area contributed by atoms with Gasteiger partial charge in [0.25, 0.3) is 0 Å². The lowest BCUT2D eigenvalue weighted by Crippen LogP contribution is -2.17. The monoisotopic (exact) mass is 257 g/mol. The summed E-state index contributed by atoms with van der Waals surface area (Å²) in [6, 6.07) is 12.1. The number of furan rings is 1. The van der Waals surface area contributed by atoms with Crippen molar-refractivity contribution in [2.24, 2.45) is 0 Å². The number of ether oxygens (including phenoxy) is 1. The van der Waals surface area contributed by atoms with Crippen molar-refractivity contribution in [2.75, 3.05) is 6.61 Å². The number of hydrogen-bond donors (Lipinski definition) is 1. The lowest BCUT2D eigenvalue weighted by Gasteiger charge is -2.11. The molecule has 1 N–H and O–H groups in total. The normalized spacial score (nSPS) is 12.1. The van der Waals surface area contributed by atoms with Gasteiger partial charge in [-0.2, -0.15) is 0 Å². The number of rotatable bonds is 7. The molecule has 2 rings (SSSR count). The van der Waals surface area contributed by atoms with E-state index in [1.54, 1.807) is 12.3 Å². The van der Waals surface area contributed by atoms with Gasteiger partial charge in [0.1, 0.15) is 18.1 Å². The third-order valence-corrected chi connectivity index (χ3v) is 2.87. The Kier molecular flexibility index (Phi) is 4.81. The highest BCUT2D eigenvalue weighted by Gasteiger charge is 2.06. The molecule has 0 aliphatic heterocycles. The predicted molar refractivity (Wildman–Crippen MR) is 76.1 cm³/mol. The molecule has 1 aromatic carbocycles. The van der Waals surface area contributed by atoms with Crippen molar-refractivity contribution in [3.63, 3.8) is 0 Å². The fraction of sp³-hybridized carbons (Fsp3) is 0.250. The number of nitrogens with one attached hydrogen (secondary N) is 1. The van der Waals surface area contributed by atoms with Crippen molar-refractivity contribution < 1.29 is 9.15 Å². The van der Waals surface area contributed by atoms with Crippen LogP contribution in [-0.2, 0) is 6.54 Å². The molecule has 0 fully saturated rings. The van der Waals surface area contributed by atoms with Gasteiger partial charge in [0.05, 0.1) is 12.3 Å². The van der Waals surface area contributed by atoms with Crippen molar-refractivity contribution in [2.45, 2.75) is 19.5 Å². The van der Waals surface area contributed by atoms with Gasteiger partial charge in [0.15, 0.2) is 0 Å². The zero-order valence-electron chi connectivity index (χ0n) is 11.1. The lowest BCUT2D eigenvalue weighted by molar-refractivity contribution is 0.363. The topological polar surface area (TPSA) is 34.4 Å². The second kappa shape index (κ2) is 6.81. The van der Waals surface area contributed by atoms with Crippen LogP contribution in [0.1, 0.15) is 24.3 Å². The van der Waals surface area contributed by atoms with Gasteiger partial charge >= 0.3 is 0 Å². The van der Waals surface area contributed by atoms with Gasteiger partial charge in [0, 0.05) is 6.54 Å². The maximum Gasteiger partial charge on any atom is 0.120 e. The van der Waals surface area contributed by atoms with Gasteiger partial charge in [0.2, 0.25) is 0 Å².